The van der Waals surface area contributed by atoms with E-state index in [1.54, 1.807) is 0 Å². The van der Waals surface area contributed by atoms with Gasteiger partial charge in [-0.1, -0.05) is 206 Å². The Bertz CT molecular complexity index is 2290. The van der Waals surface area contributed by atoms with Crippen molar-refractivity contribution in [3.05, 3.63) is 225 Å². The molecule has 0 radical (unpaired) electrons. The molecule has 0 nitrogen and oxygen atoms in total. The molecular formula is C54H46. The summed E-state index contributed by atoms with van der Waals surface area (Å²) in [5.74, 6) is 0. The third kappa shape index (κ3) is 8.75. The minimum absolute atomic E-state index is 1.18. The van der Waals surface area contributed by atoms with Gasteiger partial charge >= 0.3 is 0 Å². The lowest BCUT2D eigenvalue weighted by molar-refractivity contribution is 1.38. The second-order valence-corrected chi connectivity index (χ2v) is 14.0. The predicted molar refractivity (Wildman–Crippen MR) is 238 cm³/mol. The van der Waals surface area contributed by atoms with E-state index in [1.807, 2.05) is 0 Å². The normalized spacial score (nSPS) is 12.1. The van der Waals surface area contributed by atoms with Gasteiger partial charge in [0, 0.05) is 0 Å². The highest BCUT2D eigenvalue weighted by Gasteiger charge is 2.12. The summed E-state index contributed by atoms with van der Waals surface area (Å²) < 4.78 is 0. The molecule has 0 heterocycles. The van der Waals surface area contributed by atoms with E-state index in [9.17, 15) is 0 Å². The van der Waals surface area contributed by atoms with Crippen molar-refractivity contribution >= 4 is 47.6 Å². The third-order valence-electron chi connectivity index (χ3n) is 10.1. The molecule has 0 amide bonds. The molecule has 7 aromatic rings. The summed E-state index contributed by atoms with van der Waals surface area (Å²) in [7, 11) is 0. The Labute approximate surface area is 321 Å². The molecule has 0 saturated heterocycles. The van der Waals surface area contributed by atoms with Crippen LogP contribution in [-0.2, 0) is 0 Å². The molecule has 0 unspecified atom stereocenters. The standard InChI is InChI=1S/C54H46/c1-39(47-15-7-5-8-16-47)35-45-27-23-43(24-28-45)31-33-49-19-11-13-21-51(49)53-37-42(4)54(38-41(53)3)52-22-14-12-20-50(52)34-32-44-25-29-46(30-26-44)36-40(2)48-17-9-6-10-18-48/h5-38H,1-4H3/b33-31-,34-32?,39-35?,40-36?. The molecule has 0 N–H and O–H groups in total. The van der Waals surface area contributed by atoms with E-state index in [4.69, 9.17) is 0 Å². The van der Waals surface area contributed by atoms with Gasteiger partial charge in [0.2, 0.25) is 0 Å². The maximum absolute atomic E-state index is 2.36. The fourth-order valence-electron chi connectivity index (χ4n) is 7.02. The quantitative estimate of drug-likeness (QED) is 0.125. The van der Waals surface area contributed by atoms with Crippen LogP contribution in [0.1, 0.15) is 69.5 Å². The molecule has 54 heavy (non-hydrogen) atoms. The van der Waals surface area contributed by atoms with E-state index < -0.39 is 0 Å². The van der Waals surface area contributed by atoms with Gasteiger partial charge < -0.3 is 0 Å². The Hall–Kier alpha value is -6.50. The molecule has 0 aliphatic rings. The molecule has 262 valence electrons. The van der Waals surface area contributed by atoms with Crippen molar-refractivity contribution in [3.63, 3.8) is 0 Å². The third-order valence-corrected chi connectivity index (χ3v) is 10.1. The van der Waals surface area contributed by atoms with Gasteiger partial charge in [-0.05, 0) is 117 Å². The van der Waals surface area contributed by atoms with E-state index in [1.165, 1.54) is 89.0 Å². The molecule has 0 aliphatic carbocycles. The van der Waals surface area contributed by atoms with Crippen LogP contribution in [0.3, 0.4) is 0 Å². The first-order chi connectivity index (χ1) is 26.4. The molecular weight excluding hydrogens is 649 g/mol. The summed E-state index contributed by atoms with van der Waals surface area (Å²) in [5, 5.41) is 0. The first-order valence-electron chi connectivity index (χ1n) is 18.7. The van der Waals surface area contributed by atoms with E-state index in [-0.39, 0.29) is 0 Å². The van der Waals surface area contributed by atoms with Gasteiger partial charge in [0.25, 0.3) is 0 Å². The van der Waals surface area contributed by atoms with Crippen LogP contribution in [0.4, 0.5) is 0 Å². The first-order valence-corrected chi connectivity index (χ1v) is 18.7. The number of allylic oxidation sites excluding steroid dienone is 2. The zero-order valence-corrected chi connectivity index (χ0v) is 31.6. The predicted octanol–water partition coefficient (Wildman–Crippen LogP) is 15.1. The zero-order chi connectivity index (χ0) is 37.3. The van der Waals surface area contributed by atoms with Crippen molar-refractivity contribution in [2.75, 3.05) is 0 Å². The number of hydrogen-bond donors (Lipinski definition) is 0. The van der Waals surface area contributed by atoms with Gasteiger partial charge in [0.15, 0.2) is 0 Å². The van der Waals surface area contributed by atoms with Gasteiger partial charge in [-0.2, -0.15) is 0 Å². The van der Waals surface area contributed by atoms with Crippen molar-refractivity contribution in [2.24, 2.45) is 0 Å². The molecule has 0 bridgehead atoms. The van der Waals surface area contributed by atoms with Crippen LogP contribution in [0.5, 0.6) is 0 Å². The topological polar surface area (TPSA) is 0 Å². The Kier molecular flexibility index (Phi) is 11.2. The Morgan fingerprint density at radius 3 is 1.06 bits per heavy atom. The maximum atomic E-state index is 2.36. The molecule has 0 aliphatic heterocycles. The van der Waals surface area contributed by atoms with E-state index in [0.29, 0.717) is 0 Å². The fourth-order valence-corrected chi connectivity index (χ4v) is 7.02. The Morgan fingerprint density at radius 1 is 0.333 bits per heavy atom. The van der Waals surface area contributed by atoms with Gasteiger partial charge in [-0.3, -0.25) is 0 Å². The van der Waals surface area contributed by atoms with Crippen LogP contribution in [0.2, 0.25) is 0 Å². The van der Waals surface area contributed by atoms with Crippen molar-refractivity contribution in [1.29, 1.82) is 0 Å². The zero-order valence-electron chi connectivity index (χ0n) is 31.6. The largest absolute Gasteiger partial charge is 0.0622 e. The minimum Gasteiger partial charge on any atom is -0.0622 e. The van der Waals surface area contributed by atoms with Crippen LogP contribution < -0.4 is 0 Å². The van der Waals surface area contributed by atoms with Crippen LogP contribution in [0, 0.1) is 13.8 Å². The lowest BCUT2D eigenvalue weighted by atomic mass is 9.88. The lowest BCUT2D eigenvalue weighted by Gasteiger charge is -2.16. The molecule has 0 heteroatoms. The first kappa shape index (κ1) is 35.9. The van der Waals surface area contributed by atoms with Crippen molar-refractivity contribution in [2.45, 2.75) is 27.7 Å². The monoisotopic (exact) mass is 694 g/mol. The molecule has 0 atom stereocenters. The summed E-state index contributed by atoms with van der Waals surface area (Å²) in [6.07, 6.45) is 13.4. The number of rotatable bonds is 10. The van der Waals surface area contributed by atoms with E-state index >= 15 is 0 Å². The SMILES string of the molecule is CC(=Cc1ccc(C=Cc2ccccc2-c2cc(C)c(-c3ccccc3/C=C\c3ccc(C=C(C)c4ccccc4)cc3)cc2C)cc1)c1ccccc1. The average Bonchev–Trinajstić information content (AvgIpc) is 3.22. The molecule has 0 fully saturated rings. The summed E-state index contributed by atoms with van der Waals surface area (Å²) in [6.45, 7) is 8.80. The number of aryl methyl sites for hydroxylation is 2. The van der Waals surface area contributed by atoms with Gasteiger partial charge in [-0.15, -0.1) is 0 Å². The minimum atomic E-state index is 1.18. The Balaban J connectivity index is 1.09. The van der Waals surface area contributed by atoms with E-state index in [0.717, 1.165) is 0 Å². The van der Waals surface area contributed by atoms with Gasteiger partial charge in [-0.25, -0.2) is 0 Å². The van der Waals surface area contributed by atoms with Gasteiger partial charge in [0.1, 0.15) is 0 Å². The smallest absolute Gasteiger partial charge is 0.0109 e. The summed E-state index contributed by atoms with van der Waals surface area (Å²) in [5.41, 5.74) is 19.7. The van der Waals surface area contributed by atoms with E-state index in [2.05, 4.69) is 234 Å². The average molecular weight is 695 g/mol. The summed E-state index contributed by atoms with van der Waals surface area (Å²) >= 11 is 0. The van der Waals surface area contributed by atoms with Gasteiger partial charge in [0.05, 0.1) is 0 Å². The Morgan fingerprint density at radius 2 is 0.667 bits per heavy atom. The molecule has 0 spiro atoms. The highest BCUT2D eigenvalue weighted by atomic mass is 14.2. The van der Waals surface area contributed by atoms with Crippen molar-refractivity contribution in [3.8, 4) is 22.3 Å². The van der Waals surface area contributed by atoms with Crippen LogP contribution in [0.25, 0.3) is 69.9 Å². The second-order valence-electron chi connectivity index (χ2n) is 14.0. The molecule has 7 aromatic carbocycles. The lowest BCUT2D eigenvalue weighted by Crippen LogP contribution is -1.93. The summed E-state index contributed by atoms with van der Waals surface area (Å²) in [6, 6.07) is 60.8. The highest BCUT2D eigenvalue weighted by Crippen LogP contribution is 2.36. The maximum Gasteiger partial charge on any atom is -0.0109 e. The van der Waals surface area contributed by atoms with Crippen molar-refractivity contribution in [1.82, 2.24) is 0 Å². The second kappa shape index (κ2) is 16.9. The number of hydrogen-bond acceptors (Lipinski definition) is 0. The summed E-state index contributed by atoms with van der Waals surface area (Å²) in [4.78, 5) is 0. The van der Waals surface area contributed by atoms with Crippen LogP contribution in [-0.4, -0.2) is 0 Å². The highest BCUT2D eigenvalue weighted by molar-refractivity contribution is 5.88. The molecule has 0 saturated carbocycles. The molecule has 7 rings (SSSR count). The van der Waals surface area contributed by atoms with Crippen LogP contribution >= 0.6 is 0 Å². The fraction of sp³-hybridized carbons (Fsp3) is 0.0741. The molecule has 0 aromatic heterocycles. The van der Waals surface area contributed by atoms with Crippen LogP contribution in [0.15, 0.2) is 170 Å². The van der Waals surface area contributed by atoms with Crippen molar-refractivity contribution < 1.29 is 0 Å². The number of benzene rings is 7.